The monoisotopic (exact) mass is 669 g/mol. The maximum atomic E-state index is 1.71. The van der Waals surface area contributed by atoms with E-state index in [1.54, 1.807) is 199 Å². The van der Waals surface area contributed by atoms with E-state index in [1.165, 1.54) is 0 Å². The second-order valence-electron chi connectivity index (χ2n) is 22.2. The molecule has 10 aliphatic rings. The van der Waals surface area contributed by atoms with E-state index in [4.69, 9.17) is 0 Å². The average Bonchev–Trinajstić information content (AvgIpc) is 3.54. The molecule has 0 amide bonds. The molecule has 0 saturated heterocycles. The van der Waals surface area contributed by atoms with Crippen molar-refractivity contribution in [1.29, 1.82) is 0 Å². The van der Waals surface area contributed by atoms with E-state index in [1.807, 2.05) is 0 Å². The molecule has 0 aliphatic heterocycles. The Morgan fingerprint density at radius 2 is 0.490 bits per heavy atom. The van der Waals surface area contributed by atoms with E-state index < -0.39 is 0 Å². The van der Waals surface area contributed by atoms with E-state index >= 15 is 0 Å². The second kappa shape index (κ2) is 14.7. The van der Waals surface area contributed by atoms with E-state index in [9.17, 15) is 0 Å². The van der Waals surface area contributed by atoms with Crippen LogP contribution in [0.15, 0.2) is 0 Å². The zero-order valence-electron chi connectivity index (χ0n) is 32.3. The van der Waals surface area contributed by atoms with Crippen LogP contribution in [0.3, 0.4) is 0 Å². The first kappa shape index (κ1) is 33.6. The highest BCUT2D eigenvalue weighted by Crippen LogP contribution is 2.64. The highest BCUT2D eigenvalue weighted by molar-refractivity contribution is 5.05. The van der Waals surface area contributed by atoms with E-state index in [0.717, 1.165) is 107 Å². The van der Waals surface area contributed by atoms with Gasteiger partial charge in [-0.15, -0.1) is 0 Å². The number of fused-ring (bicyclic) bond motifs is 7. The molecule has 16 unspecified atom stereocenters. The van der Waals surface area contributed by atoms with Crippen molar-refractivity contribution in [3.63, 3.8) is 0 Å². The highest BCUT2D eigenvalue weighted by atomic mass is 14.6. The van der Waals surface area contributed by atoms with Gasteiger partial charge in [-0.1, -0.05) is 109 Å². The molecule has 10 rings (SSSR count). The van der Waals surface area contributed by atoms with Crippen LogP contribution in [-0.2, 0) is 0 Å². The van der Waals surface area contributed by atoms with Crippen molar-refractivity contribution in [2.45, 2.75) is 199 Å². The first-order valence-electron chi connectivity index (χ1n) is 24.2. The van der Waals surface area contributed by atoms with Crippen molar-refractivity contribution >= 4 is 0 Å². The molecule has 10 fully saturated rings. The smallest absolute Gasteiger partial charge is 0.0349 e. The maximum absolute atomic E-state index is 1.71. The van der Waals surface area contributed by atoms with Gasteiger partial charge in [-0.25, -0.2) is 0 Å². The Kier molecular flexibility index (Phi) is 10.1. The fraction of sp³-hybridized carbons (Fsp3) is 1.00. The molecule has 276 valence electrons. The third-order valence-corrected chi connectivity index (χ3v) is 20.5. The minimum absolute atomic E-state index is 1.11. The van der Waals surface area contributed by atoms with Gasteiger partial charge in [0.05, 0.1) is 0 Å². The Bertz CT molecular complexity index is 1080. The Balaban J connectivity index is 0.897. The van der Waals surface area contributed by atoms with Gasteiger partial charge in [0, 0.05) is 0 Å². The lowest BCUT2D eigenvalue weighted by Crippen LogP contribution is -2.44. The highest BCUT2D eigenvalue weighted by Gasteiger charge is 2.56. The summed E-state index contributed by atoms with van der Waals surface area (Å²) in [5.41, 5.74) is 0. The topological polar surface area (TPSA) is 0 Å². The summed E-state index contributed by atoms with van der Waals surface area (Å²) in [6.45, 7) is 0. The fourth-order valence-corrected chi connectivity index (χ4v) is 18.4. The summed E-state index contributed by atoms with van der Waals surface area (Å²) in [5, 5.41) is 0. The molecule has 0 nitrogen and oxygen atoms in total. The van der Waals surface area contributed by atoms with Gasteiger partial charge in [-0.2, -0.15) is 0 Å². The summed E-state index contributed by atoms with van der Waals surface area (Å²) in [6, 6.07) is 0. The Morgan fingerprint density at radius 3 is 1.22 bits per heavy atom. The fourth-order valence-electron chi connectivity index (χ4n) is 18.4. The first-order valence-corrected chi connectivity index (χ1v) is 24.2. The van der Waals surface area contributed by atoms with Gasteiger partial charge in [0.1, 0.15) is 0 Å². The normalized spacial score (nSPS) is 52.7. The second-order valence-corrected chi connectivity index (χ2v) is 22.2. The van der Waals surface area contributed by atoms with Gasteiger partial charge < -0.3 is 0 Å². The van der Waals surface area contributed by atoms with Crippen LogP contribution in [0.1, 0.15) is 199 Å². The molecular weight excluding hydrogens is 589 g/mol. The van der Waals surface area contributed by atoms with Crippen LogP contribution < -0.4 is 0 Å². The summed E-state index contributed by atoms with van der Waals surface area (Å²) < 4.78 is 0. The predicted octanol–water partition coefficient (Wildman–Crippen LogP) is 14.3. The molecule has 49 heavy (non-hydrogen) atoms. The summed E-state index contributed by atoms with van der Waals surface area (Å²) in [4.78, 5) is 0. The zero-order valence-corrected chi connectivity index (χ0v) is 32.3. The Labute approximate surface area is 304 Å². The van der Waals surface area contributed by atoms with Gasteiger partial charge in [-0.3, -0.25) is 0 Å². The minimum atomic E-state index is 1.11. The van der Waals surface area contributed by atoms with Crippen LogP contribution in [-0.4, -0.2) is 0 Å². The molecule has 0 bridgehead atoms. The molecule has 16 atom stereocenters. The summed E-state index contributed by atoms with van der Waals surface area (Å²) in [7, 11) is 0. The molecule has 0 radical (unpaired) electrons. The summed E-state index contributed by atoms with van der Waals surface area (Å²) >= 11 is 0. The van der Waals surface area contributed by atoms with Gasteiger partial charge in [0.15, 0.2) is 0 Å². The molecule has 0 heterocycles. The third kappa shape index (κ3) is 6.61. The quantitative estimate of drug-likeness (QED) is 0.280. The molecule has 0 aromatic rings. The molecule has 0 aromatic heterocycles. The van der Waals surface area contributed by atoms with Crippen molar-refractivity contribution in [2.24, 2.45) is 107 Å². The Hall–Kier alpha value is 0. The lowest BCUT2D eigenvalue weighted by atomic mass is 9.52. The lowest BCUT2D eigenvalue weighted by molar-refractivity contribution is -0.0335. The van der Waals surface area contributed by atoms with E-state index in [2.05, 4.69) is 0 Å². The summed E-state index contributed by atoms with van der Waals surface area (Å²) in [6.07, 6.45) is 50.2. The van der Waals surface area contributed by atoms with Crippen LogP contribution in [0.2, 0.25) is 0 Å². The van der Waals surface area contributed by atoms with Gasteiger partial charge in [-0.05, 0) is 196 Å². The molecule has 0 spiro atoms. The number of hydrogen-bond donors (Lipinski definition) is 0. The van der Waals surface area contributed by atoms with Crippen molar-refractivity contribution in [3.8, 4) is 0 Å². The van der Waals surface area contributed by atoms with Crippen LogP contribution >= 0.6 is 0 Å². The summed E-state index contributed by atoms with van der Waals surface area (Å²) in [5.74, 6) is 20.3. The van der Waals surface area contributed by atoms with Gasteiger partial charge >= 0.3 is 0 Å². The average molecular weight is 669 g/mol. The van der Waals surface area contributed by atoms with Crippen LogP contribution in [0, 0.1) is 107 Å². The zero-order chi connectivity index (χ0) is 32.3. The van der Waals surface area contributed by atoms with Crippen molar-refractivity contribution in [3.05, 3.63) is 0 Å². The van der Waals surface area contributed by atoms with E-state index in [0.29, 0.717) is 0 Å². The molecule has 0 N–H and O–H groups in total. The Morgan fingerprint density at radius 1 is 0.143 bits per heavy atom. The van der Waals surface area contributed by atoms with Crippen LogP contribution in [0.4, 0.5) is 0 Å². The standard InChI is InChI=1S/C49H80/c1-3-11-32(12-4-1)39-25-40(37-21-22-45-38(23-37)20-19-34-15-9-10-18-44(34)45)27-41(26-39)42-29-46(33-13-5-2-6-14-33)49-31-43-24-35-16-7-8-17-36(35)28-47(43)48(49)30-42/h32-49H,1-31H2. The van der Waals surface area contributed by atoms with Crippen LogP contribution in [0.5, 0.6) is 0 Å². The number of hydrogen-bond acceptors (Lipinski definition) is 0. The third-order valence-electron chi connectivity index (χ3n) is 20.5. The van der Waals surface area contributed by atoms with Gasteiger partial charge in [0.2, 0.25) is 0 Å². The van der Waals surface area contributed by atoms with Crippen LogP contribution in [0.25, 0.3) is 0 Å². The minimum Gasteiger partial charge on any atom is -0.0533 e. The van der Waals surface area contributed by atoms with E-state index in [-0.39, 0.29) is 0 Å². The van der Waals surface area contributed by atoms with Crippen molar-refractivity contribution < 1.29 is 0 Å². The van der Waals surface area contributed by atoms with Crippen molar-refractivity contribution in [2.75, 3.05) is 0 Å². The lowest BCUT2D eigenvalue weighted by Gasteiger charge is -2.53. The first-order chi connectivity index (χ1) is 24.2. The number of rotatable bonds is 4. The van der Waals surface area contributed by atoms with Crippen molar-refractivity contribution in [1.82, 2.24) is 0 Å². The molecule has 10 aliphatic carbocycles. The molecule has 10 saturated carbocycles. The van der Waals surface area contributed by atoms with Gasteiger partial charge in [0.25, 0.3) is 0 Å². The molecule has 0 heteroatoms. The maximum Gasteiger partial charge on any atom is -0.0349 e. The molecular formula is C49H80. The molecule has 0 aromatic carbocycles. The predicted molar refractivity (Wildman–Crippen MR) is 206 cm³/mol. The largest absolute Gasteiger partial charge is 0.0533 e. The SMILES string of the molecule is C1CCC(C2CC(C3CCC4C(CCC5CCCCC54)C3)CC(C3CC(C4CCCCC4)C4CC5CC6CCCCC6CC5C4C3)C2)CC1.